The molecule has 1 N–H and O–H groups in total. The second-order valence-electron chi connectivity index (χ2n) is 13.7. The second kappa shape index (κ2) is 7.75. The molecule has 1 heteroatoms. The van der Waals surface area contributed by atoms with Crippen LogP contribution in [-0.2, 0) is 0 Å². The average Bonchev–Trinajstić information content (AvgIpc) is 2.96. The van der Waals surface area contributed by atoms with Crippen molar-refractivity contribution in [1.29, 1.82) is 0 Å². The molecule has 0 aromatic rings. The van der Waals surface area contributed by atoms with Crippen molar-refractivity contribution in [3.05, 3.63) is 23.3 Å². The van der Waals surface area contributed by atoms with Crippen LogP contribution in [-0.4, -0.2) is 11.2 Å². The molecule has 0 radical (unpaired) electrons. The summed E-state index contributed by atoms with van der Waals surface area (Å²) < 4.78 is 0. The quantitative estimate of drug-likeness (QED) is 0.468. The lowest BCUT2D eigenvalue weighted by atomic mass is 9.44. The molecule has 31 heavy (non-hydrogen) atoms. The van der Waals surface area contributed by atoms with Gasteiger partial charge in [-0.25, -0.2) is 0 Å². The topological polar surface area (TPSA) is 20.2 Å². The van der Waals surface area contributed by atoms with Gasteiger partial charge in [-0.3, -0.25) is 0 Å². The minimum atomic E-state index is -0.159. The van der Waals surface area contributed by atoms with Crippen LogP contribution in [0.4, 0.5) is 0 Å². The van der Waals surface area contributed by atoms with Gasteiger partial charge in [0.1, 0.15) is 0 Å². The molecule has 0 saturated heterocycles. The summed E-state index contributed by atoms with van der Waals surface area (Å²) in [6.07, 6.45) is 16.6. The van der Waals surface area contributed by atoms with Crippen LogP contribution in [0, 0.1) is 45.3 Å². The number of fused-ring (bicyclic) bond motifs is 5. The highest BCUT2D eigenvalue weighted by molar-refractivity contribution is 5.49. The van der Waals surface area contributed by atoms with E-state index in [2.05, 4.69) is 67.5 Å². The van der Waals surface area contributed by atoms with Gasteiger partial charge in [0.25, 0.3) is 0 Å². The number of allylic oxidation sites excluding steroid dienone is 4. The van der Waals surface area contributed by atoms with E-state index in [1.54, 1.807) is 11.1 Å². The van der Waals surface area contributed by atoms with E-state index >= 15 is 0 Å². The first kappa shape index (κ1) is 23.6. The second-order valence-corrected chi connectivity index (χ2v) is 13.7. The van der Waals surface area contributed by atoms with Gasteiger partial charge in [0.2, 0.25) is 0 Å². The SMILES string of the molecule is CC(C)CCC[C@@H](C)[C@H]1CC[C@@]2(C)C3=CC[C@H]4C(C)(C)[C@@H](O)CC[C@]4(C)C3=CC[C@]12C. The van der Waals surface area contributed by atoms with Crippen molar-refractivity contribution in [3.63, 3.8) is 0 Å². The number of hydrogen-bond acceptors (Lipinski definition) is 1. The Hall–Kier alpha value is -0.560. The van der Waals surface area contributed by atoms with E-state index in [1.165, 1.54) is 38.5 Å². The monoisotopic (exact) mass is 426 g/mol. The van der Waals surface area contributed by atoms with Crippen LogP contribution in [0.5, 0.6) is 0 Å². The molecule has 176 valence electrons. The summed E-state index contributed by atoms with van der Waals surface area (Å²) in [7, 11) is 0. The fraction of sp³-hybridized carbons (Fsp3) is 0.867. The van der Waals surface area contributed by atoms with E-state index in [-0.39, 0.29) is 16.9 Å². The van der Waals surface area contributed by atoms with Crippen LogP contribution < -0.4 is 0 Å². The maximum atomic E-state index is 10.8. The smallest absolute Gasteiger partial charge is 0.0594 e. The van der Waals surface area contributed by atoms with E-state index in [9.17, 15) is 5.11 Å². The highest BCUT2D eigenvalue weighted by Crippen LogP contribution is 2.71. The van der Waals surface area contributed by atoms with Crippen molar-refractivity contribution < 1.29 is 5.11 Å². The Labute approximate surface area is 193 Å². The molecule has 0 heterocycles. The minimum Gasteiger partial charge on any atom is -0.393 e. The molecule has 0 bridgehead atoms. The molecule has 7 atom stereocenters. The third-order valence-electron chi connectivity index (χ3n) is 11.4. The zero-order valence-corrected chi connectivity index (χ0v) is 21.9. The standard InChI is InChI=1S/C30H50O/c1-20(2)10-9-11-21(3)22-14-18-30(8)24-12-13-25-27(4,5)26(31)16-17-28(25,6)23(24)15-19-29(22,30)7/h12,15,20-22,25-26,31H,9-11,13-14,16-19H2,1-8H3/t21-,22-,25+,26+,28-,29-,30+/m1/s1. The molecule has 0 aliphatic heterocycles. The Bertz CT molecular complexity index is 756. The van der Waals surface area contributed by atoms with E-state index in [0.29, 0.717) is 16.7 Å². The fourth-order valence-electron chi connectivity index (χ4n) is 8.99. The summed E-state index contributed by atoms with van der Waals surface area (Å²) >= 11 is 0. The molecule has 0 spiro atoms. The number of hydrogen-bond donors (Lipinski definition) is 1. The first-order chi connectivity index (χ1) is 14.4. The zero-order valence-electron chi connectivity index (χ0n) is 21.9. The lowest BCUT2D eigenvalue weighted by molar-refractivity contribution is -0.0851. The van der Waals surface area contributed by atoms with Crippen LogP contribution in [0.2, 0.25) is 0 Å². The molecular formula is C30H50O. The Morgan fingerprint density at radius 2 is 1.65 bits per heavy atom. The van der Waals surface area contributed by atoms with Gasteiger partial charge in [0.05, 0.1) is 6.10 Å². The molecule has 0 unspecified atom stereocenters. The summed E-state index contributed by atoms with van der Waals surface area (Å²) in [5.74, 6) is 3.06. The first-order valence-corrected chi connectivity index (χ1v) is 13.5. The van der Waals surface area contributed by atoms with Gasteiger partial charge in [-0.15, -0.1) is 0 Å². The van der Waals surface area contributed by atoms with Gasteiger partial charge in [0.15, 0.2) is 0 Å². The Kier molecular flexibility index (Phi) is 5.90. The van der Waals surface area contributed by atoms with Crippen molar-refractivity contribution in [2.45, 2.75) is 119 Å². The Balaban J connectivity index is 1.64. The van der Waals surface area contributed by atoms with Crippen molar-refractivity contribution in [2.24, 2.45) is 45.3 Å². The predicted molar refractivity (Wildman–Crippen MR) is 133 cm³/mol. The maximum Gasteiger partial charge on any atom is 0.0594 e. The van der Waals surface area contributed by atoms with Crippen LogP contribution in [0.1, 0.15) is 113 Å². The molecule has 4 aliphatic rings. The number of aliphatic hydroxyl groups is 1. The van der Waals surface area contributed by atoms with Gasteiger partial charge in [0, 0.05) is 0 Å². The molecule has 0 amide bonds. The molecule has 4 rings (SSSR count). The van der Waals surface area contributed by atoms with Crippen molar-refractivity contribution in [1.82, 2.24) is 0 Å². The third-order valence-corrected chi connectivity index (χ3v) is 11.4. The van der Waals surface area contributed by atoms with Gasteiger partial charge in [-0.1, -0.05) is 86.8 Å². The highest BCUT2D eigenvalue weighted by Gasteiger charge is 2.62. The lowest BCUT2D eigenvalue weighted by Gasteiger charge is -2.61. The van der Waals surface area contributed by atoms with E-state index in [4.69, 9.17) is 0 Å². The summed E-state index contributed by atoms with van der Waals surface area (Å²) in [4.78, 5) is 0. The lowest BCUT2D eigenvalue weighted by Crippen LogP contribution is -2.54. The van der Waals surface area contributed by atoms with Crippen LogP contribution in [0.15, 0.2) is 23.3 Å². The molecule has 0 aromatic carbocycles. The summed E-state index contributed by atoms with van der Waals surface area (Å²) in [6, 6.07) is 0. The predicted octanol–water partition coefficient (Wildman–Crippen LogP) is 8.34. The number of rotatable bonds is 5. The average molecular weight is 427 g/mol. The van der Waals surface area contributed by atoms with Crippen LogP contribution in [0.3, 0.4) is 0 Å². The number of aliphatic hydroxyl groups excluding tert-OH is 1. The maximum absolute atomic E-state index is 10.8. The zero-order chi connectivity index (χ0) is 22.8. The molecule has 0 aromatic heterocycles. The minimum absolute atomic E-state index is 0.000660. The van der Waals surface area contributed by atoms with Crippen molar-refractivity contribution >= 4 is 0 Å². The molecule has 2 fully saturated rings. The van der Waals surface area contributed by atoms with Crippen molar-refractivity contribution in [2.75, 3.05) is 0 Å². The van der Waals surface area contributed by atoms with Gasteiger partial charge in [-0.2, -0.15) is 0 Å². The molecule has 4 aliphatic carbocycles. The van der Waals surface area contributed by atoms with Crippen LogP contribution in [0.25, 0.3) is 0 Å². The Morgan fingerprint density at radius 1 is 0.935 bits per heavy atom. The highest BCUT2D eigenvalue weighted by atomic mass is 16.3. The third kappa shape index (κ3) is 3.34. The Morgan fingerprint density at radius 3 is 2.32 bits per heavy atom. The van der Waals surface area contributed by atoms with Gasteiger partial charge < -0.3 is 5.11 Å². The summed E-state index contributed by atoms with van der Waals surface area (Å²) in [5, 5.41) is 10.8. The van der Waals surface area contributed by atoms with Crippen LogP contribution >= 0.6 is 0 Å². The van der Waals surface area contributed by atoms with E-state index in [1.807, 2.05) is 0 Å². The molecule has 1 nitrogen and oxygen atoms in total. The largest absolute Gasteiger partial charge is 0.393 e. The molecular weight excluding hydrogens is 376 g/mol. The van der Waals surface area contributed by atoms with E-state index < -0.39 is 0 Å². The van der Waals surface area contributed by atoms with E-state index in [0.717, 1.165) is 37.0 Å². The first-order valence-electron chi connectivity index (χ1n) is 13.5. The fourth-order valence-corrected chi connectivity index (χ4v) is 8.99. The summed E-state index contributed by atoms with van der Waals surface area (Å²) in [5.41, 5.74) is 4.34. The van der Waals surface area contributed by atoms with Gasteiger partial charge >= 0.3 is 0 Å². The van der Waals surface area contributed by atoms with Gasteiger partial charge in [-0.05, 0) is 95.0 Å². The van der Waals surface area contributed by atoms with Crippen molar-refractivity contribution in [3.8, 4) is 0 Å². The summed E-state index contributed by atoms with van der Waals surface area (Å²) in [6.45, 7) is 19.7. The normalized spacial score (nSPS) is 44.8. The molecule has 2 saturated carbocycles.